The van der Waals surface area contributed by atoms with E-state index in [1.807, 2.05) is 0 Å². The van der Waals surface area contributed by atoms with Gasteiger partial charge in [0.15, 0.2) is 5.78 Å². The van der Waals surface area contributed by atoms with Crippen LogP contribution in [0.4, 0.5) is 13.2 Å². The molecule has 0 saturated heterocycles. The Bertz CT molecular complexity index is 382. The van der Waals surface area contributed by atoms with Gasteiger partial charge in [0.05, 0.1) is 6.61 Å². The topological polar surface area (TPSA) is 26.3 Å². The van der Waals surface area contributed by atoms with Crippen LogP contribution in [-0.2, 0) is 0 Å². The summed E-state index contributed by atoms with van der Waals surface area (Å²) in [6.45, 7) is 1.78. The average Bonchev–Trinajstić information content (AvgIpc) is 2.33. The van der Waals surface area contributed by atoms with Gasteiger partial charge < -0.3 is 4.74 Å². The smallest absolute Gasteiger partial charge is 0.389 e. The van der Waals surface area contributed by atoms with Crippen LogP contribution in [-0.4, -0.2) is 18.6 Å². The van der Waals surface area contributed by atoms with Gasteiger partial charge >= 0.3 is 6.18 Å². The summed E-state index contributed by atoms with van der Waals surface area (Å²) in [7, 11) is 0. The quantitative estimate of drug-likeness (QED) is 0.570. The summed E-state index contributed by atoms with van der Waals surface area (Å²) in [6.07, 6.45) is -4.63. The van der Waals surface area contributed by atoms with Gasteiger partial charge in [-0.3, -0.25) is 4.79 Å². The number of alkyl halides is 3. The maximum absolute atomic E-state index is 11.9. The van der Waals surface area contributed by atoms with Gasteiger partial charge in [0.25, 0.3) is 0 Å². The molecule has 1 aromatic rings. The van der Waals surface area contributed by atoms with Gasteiger partial charge in [-0.25, -0.2) is 0 Å². The number of carbonyl (C=O) groups excluding carboxylic acids is 1. The second kappa shape index (κ2) is 6.42. The number of rotatable bonds is 6. The van der Waals surface area contributed by atoms with Gasteiger partial charge in [-0.15, -0.1) is 0 Å². The van der Waals surface area contributed by atoms with E-state index in [2.05, 4.69) is 0 Å². The molecule has 1 aromatic carbocycles. The number of ether oxygens (including phenoxy) is 1. The Morgan fingerprint density at radius 1 is 1.22 bits per heavy atom. The van der Waals surface area contributed by atoms with Gasteiger partial charge in [-0.2, -0.15) is 13.2 Å². The van der Waals surface area contributed by atoms with Crippen LogP contribution in [0.1, 0.15) is 36.5 Å². The lowest BCUT2D eigenvalue weighted by atomic mass is 10.1. The molecule has 2 nitrogen and oxygen atoms in total. The largest absolute Gasteiger partial charge is 0.494 e. The standard InChI is InChI=1S/C13H15F3O2/c1-2-12(17)10-4-6-11(7-5-10)18-9-3-8-13(14,15)16/h4-7H,2-3,8-9H2,1H3. The van der Waals surface area contributed by atoms with Crippen molar-refractivity contribution >= 4 is 5.78 Å². The highest BCUT2D eigenvalue weighted by molar-refractivity contribution is 5.95. The summed E-state index contributed by atoms with van der Waals surface area (Å²) in [4.78, 5) is 11.3. The third-order valence-corrected chi connectivity index (χ3v) is 2.37. The van der Waals surface area contributed by atoms with Crippen molar-refractivity contribution in [2.75, 3.05) is 6.61 Å². The van der Waals surface area contributed by atoms with E-state index in [-0.39, 0.29) is 18.8 Å². The number of Topliss-reactive ketones (excluding diaryl/α,β-unsaturated/α-hetero) is 1. The summed E-state index contributed by atoms with van der Waals surface area (Å²) in [5, 5.41) is 0. The minimum absolute atomic E-state index is 0.0145. The second-order valence-electron chi connectivity index (χ2n) is 3.87. The molecule has 0 heterocycles. The van der Waals surface area contributed by atoms with Crippen molar-refractivity contribution in [2.24, 2.45) is 0 Å². The Morgan fingerprint density at radius 2 is 1.83 bits per heavy atom. The Labute approximate surface area is 104 Å². The van der Waals surface area contributed by atoms with Crippen LogP contribution in [0.5, 0.6) is 5.75 Å². The fourth-order valence-electron chi connectivity index (χ4n) is 1.40. The number of benzene rings is 1. The SMILES string of the molecule is CCC(=O)c1ccc(OCCCC(F)(F)F)cc1. The molecule has 5 heteroatoms. The fourth-order valence-corrected chi connectivity index (χ4v) is 1.40. The Morgan fingerprint density at radius 3 is 2.33 bits per heavy atom. The van der Waals surface area contributed by atoms with Gasteiger partial charge in [0.1, 0.15) is 5.75 Å². The number of halogens is 3. The van der Waals surface area contributed by atoms with E-state index >= 15 is 0 Å². The maximum Gasteiger partial charge on any atom is 0.389 e. The monoisotopic (exact) mass is 260 g/mol. The molecular formula is C13H15F3O2. The summed E-state index contributed by atoms with van der Waals surface area (Å²) >= 11 is 0. The molecule has 1 rings (SSSR count). The van der Waals surface area contributed by atoms with Crippen molar-refractivity contribution < 1.29 is 22.7 Å². The molecule has 0 aliphatic rings. The van der Waals surface area contributed by atoms with Crippen molar-refractivity contribution in [3.8, 4) is 5.75 Å². The fraction of sp³-hybridized carbons (Fsp3) is 0.462. The minimum atomic E-state index is -4.14. The highest BCUT2D eigenvalue weighted by Gasteiger charge is 2.26. The predicted molar refractivity (Wildman–Crippen MR) is 61.8 cm³/mol. The first kappa shape index (κ1) is 14.5. The van der Waals surface area contributed by atoms with Gasteiger partial charge in [-0.05, 0) is 30.7 Å². The van der Waals surface area contributed by atoms with Crippen molar-refractivity contribution in [1.29, 1.82) is 0 Å². The third-order valence-electron chi connectivity index (χ3n) is 2.37. The van der Waals surface area contributed by atoms with E-state index in [4.69, 9.17) is 4.74 Å². The lowest BCUT2D eigenvalue weighted by Crippen LogP contribution is -2.09. The Kier molecular flexibility index (Phi) is 5.19. The lowest BCUT2D eigenvalue weighted by Gasteiger charge is -2.08. The molecule has 0 saturated carbocycles. The van der Waals surface area contributed by atoms with Gasteiger partial charge in [-0.1, -0.05) is 6.92 Å². The first-order valence-electron chi connectivity index (χ1n) is 5.75. The highest BCUT2D eigenvalue weighted by Crippen LogP contribution is 2.21. The Balaban J connectivity index is 2.38. The van der Waals surface area contributed by atoms with Crippen LogP contribution in [0.25, 0.3) is 0 Å². The zero-order chi connectivity index (χ0) is 13.6. The zero-order valence-electron chi connectivity index (χ0n) is 10.1. The second-order valence-corrected chi connectivity index (χ2v) is 3.87. The molecule has 0 aliphatic carbocycles. The summed E-state index contributed by atoms with van der Waals surface area (Å²) in [5.74, 6) is 0.503. The first-order valence-corrected chi connectivity index (χ1v) is 5.75. The van der Waals surface area contributed by atoms with E-state index in [9.17, 15) is 18.0 Å². The lowest BCUT2D eigenvalue weighted by molar-refractivity contribution is -0.136. The molecule has 0 aliphatic heterocycles. The molecule has 0 radical (unpaired) electrons. The summed E-state index contributed by atoms with van der Waals surface area (Å²) < 4.78 is 40.8. The van der Waals surface area contributed by atoms with E-state index in [1.54, 1.807) is 31.2 Å². The van der Waals surface area contributed by atoms with Crippen molar-refractivity contribution in [3.63, 3.8) is 0 Å². The number of hydrogen-bond acceptors (Lipinski definition) is 2. The number of ketones is 1. The summed E-state index contributed by atoms with van der Waals surface area (Å²) in [5.41, 5.74) is 0.583. The van der Waals surface area contributed by atoms with Crippen LogP contribution < -0.4 is 4.74 Å². The molecule has 0 bridgehead atoms. The zero-order valence-corrected chi connectivity index (χ0v) is 10.1. The number of carbonyl (C=O) groups is 1. The normalized spacial score (nSPS) is 11.3. The first-order chi connectivity index (χ1) is 8.42. The molecule has 0 aromatic heterocycles. The van der Waals surface area contributed by atoms with E-state index in [0.29, 0.717) is 17.7 Å². The van der Waals surface area contributed by atoms with Crippen molar-refractivity contribution in [3.05, 3.63) is 29.8 Å². The average molecular weight is 260 g/mol. The molecule has 0 N–H and O–H groups in total. The molecule has 0 fully saturated rings. The maximum atomic E-state index is 11.9. The van der Waals surface area contributed by atoms with Crippen LogP contribution >= 0.6 is 0 Å². The van der Waals surface area contributed by atoms with Gasteiger partial charge in [0.2, 0.25) is 0 Å². The van der Waals surface area contributed by atoms with Gasteiger partial charge in [0, 0.05) is 18.4 Å². The molecule has 0 amide bonds. The third kappa shape index (κ3) is 5.21. The van der Waals surface area contributed by atoms with E-state index < -0.39 is 12.6 Å². The highest BCUT2D eigenvalue weighted by atomic mass is 19.4. The van der Waals surface area contributed by atoms with Crippen LogP contribution in [0.15, 0.2) is 24.3 Å². The molecule has 0 unspecified atom stereocenters. The van der Waals surface area contributed by atoms with Crippen LogP contribution in [0.2, 0.25) is 0 Å². The molecule has 18 heavy (non-hydrogen) atoms. The van der Waals surface area contributed by atoms with Crippen LogP contribution in [0, 0.1) is 0 Å². The number of hydrogen-bond donors (Lipinski definition) is 0. The minimum Gasteiger partial charge on any atom is -0.494 e. The Hall–Kier alpha value is -1.52. The van der Waals surface area contributed by atoms with E-state index in [1.165, 1.54) is 0 Å². The predicted octanol–water partition coefficient (Wildman–Crippen LogP) is 4.00. The molecular weight excluding hydrogens is 245 g/mol. The molecule has 0 atom stereocenters. The van der Waals surface area contributed by atoms with E-state index in [0.717, 1.165) is 0 Å². The molecule has 100 valence electrons. The molecule has 0 spiro atoms. The van der Waals surface area contributed by atoms with Crippen molar-refractivity contribution in [2.45, 2.75) is 32.4 Å². The van der Waals surface area contributed by atoms with Crippen molar-refractivity contribution in [1.82, 2.24) is 0 Å². The van der Waals surface area contributed by atoms with Crippen LogP contribution in [0.3, 0.4) is 0 Å². The summed E-state index contributed by atoms with van der Waals surface area (Å²) in [6, 6.07) is 6.42.